The number of hydrogen-bond acceptors (Lipinski definition) is 3. The molecule has 0 N–H and O–H groups in total. The van der Waals surface area contributed by atoms with E-state index in [0.717, 1.165) is 142 Å². The van der Waals surface area contributed by atoms with Crippen molar-refractivity contribution in [2.75, 3.05) is 0 Å². The second kappa shape index (κ2) is 18.5. The largest absolute Gasteiger partial charge is 0.454 e. The molecule has 6 aromatic heterocycles. The summed E-state index contributed by atoms with van der Waals surface area (Å²) in [6.07, 6.45) is 0. The first-order chi connectivity index (χ1) is 43.9. The first-order valence-corrected chi connectivity index (χ1v) is 30.8. The zero-order valence-corrected chi connectivity index (χ0v) is 50.4. The fourth-order valence-electron chi connectivity index (χ4n) is 15.1. The highest BCUT2D eigenvalue weighted by atomic mass is 16.3. The zero-order valence-electron chi connectivity index (χ0n) is 50.4. The Morgan fingerprint density at radius 1 is 0.367 bits per heavy atom. The van der Waals surface area contributed by atoms with Crippen LogP contribution in [0.15, 0.2) is 239 Å². The van der Waals surface area contributed by atoms with Crippen LogP contribution in [0.3, 0.4) is 0 Å². The van der Waals surface area contributed by atoms with Crippen LogP contribution >= 0.6 is 0 Å². The van der Waals surface area contributed by atoms with Gasteiger partial charge in [0.15, 0.2) is 11.2 Å². The molecule has 90 heavy (non-hydrogen) atoms. The fraction of sp³-hybridized carbons (Fsp3) is 0.0976. The van der Waals surface area contributed by atoms with E-state index in [9.17, 15) is 11.8 Å². The summed E-state index contributed by atoms with van der Waals surface area (Å²) in [4.78, 5) is 4.96. The maximum Gasteiger partial charge on any atom is 0.237 e. The summed E-state index contributed by atoms with van der Waals surface area (Å²) in [6, 6.07) is 84.4. The van der Waals surface area contributed by atoms with E-state index < -0.39 is 0 Å². The lowest BCUT2D eigenvalue weighted by Crippen LogP contribution is -2.15. The molecule has 0 spiro atoms. The van der Waals surface area contributed by atoms with Gasteiger partial charge in [0.05, 0.1) is 79.0 Å². The number of furan rings is 2. The van der Waals surface area contributed by atoms with E-state index in [1.165, 1.54) is 0 Å². The SMILES string of the molecule is [C-]#[N+]c1c(-n2c3ccccc3c3ccccc32)c(-n2c3ccc(-c4ccccc4)cc3c3ccc4c5ccccc5oc4c32)c(-n2c3ccccc3c3ccccc32)c(C#N)c1-n1c2ccc(C(C)(C)C)cc2c2cc(C(C)(C)C)c3c4ccccc4oc3c21. The van der Waals surface area contributed by atoms with Crippen molar-refractivity contribution in [3.8, 4) is 39.9 Å². The summed E-state index contributed by atoms with van der Waals surface area (Å²) in [7, 11) is 0. The Balaban J connectivity index is 1.17. The second-order valence-corrected chi connectivity index (χ2v) is 26.1. The minimum absolute atomic E-state index is 0.219. The highest BCUT2D eigenvalue weighted by Crippen LogP contribution is 2.55. The minimum Gasteiger partial charge on any atom is -0.454 e. The summed E-state index contributed by atoms with van der Waals surface area (Å²) in [5.41, 5.74) is 16.6. The lowest BCUT2D eigenvalue weighted by atomic mass is 9.82. The number of nitrogens with zero attached hydrogens (tertiary/aromatic N) is 6. The molecular formula is C82H56N6O2. The Morgan fingerprint density at radius 3 is 1.43 bits per heavy atom. The lowest BCUT2D eigenvalue weighted by Gasteiger charge is -2.27. The van der Waals surface area contributed by atoms with E-state index in [4.69, 9.17) is 13.7 Å². The van der Waals surface area contributed by atoms with E-state index in [2.05, 4.69) is 272 Å². The van der Waals surface area contributed by atoms with Crippen molar-refractivity contribution >= 4 is 137 Å². The molecule has 0 unspecified atom stereocenters. The van der Waals surface area contributed by atoms with Gasteiger partial charge in [0.1, 0.15) is 17.2 Å². The molecule has 6 heterocycles. The van der Waals surface area contributed by atoms with Crippen LogP contribution in [0.25, 0.3) is 170 Å². The zero-order chi connectivity index (χ0) is 60.6. The Hall–Kier alpha value is -11.6. The van der Waals surface area contributed by atoms with Gasteiger partial charge in [-0.25, -0.2) is 4.85 Å². The molecule has 0 atom stereocenters. The topological polar surface area (TPSA) is 74.2 Å². The summed E-state index contributed by atoms with van der Waals surface area (Å²) in [5.74, 6) is 0. The van der Waals surface area contributed by atoms with Crippen LogP contribution in [0, 0.1) is 17.9 Å². The van der Waals surface area contributed by atoms with Gasteiger partial charge < -0.3 is 27.1 Å². The quantitative estimate of drug-likeness (QED) is 0.161. The first kappa shape index (κ1) is 51.6. The normalized spacial score (nSPS) is 12.5. The molecule has 12 aromatic carbocycles. The molecule has 0 bridgehead atoms. The molecule has 0 saturated heterocycles. The Kier molecular flexibility index (Phi) is 10.6. The van der Waals surface area contributed by atoms with Gasteiger partial charge in [-0.05, 0) is 106 Å². The molecule has 18 aromatic rings. The molecule has 0 aliphatic heterocycles. The number of rotatable bonds is 5. The average Bonchev–Trinajstić information content (AvgIpc) is 1.48. The van der Waals surface area contributed by atoms with Gasteiger partial charge in [0.2, 0.25) is 5.69 Å². The highest BCUT2D eigenvalue weighted by molar-refractivity contribution is 6.26. The first-order valence-electron chi connectivity index (χ1n) is 30.8. The Labute approximate surface area is 517 Å². The third-order valence-electron chi connectivity index (χ3n) is 19.1. The van der Waals surface area contributed by atoms with Crippen LogP contribution in [0.1, 0.15) is 58.2 Å². The van der Waals surface area contributed by atoms with Crippen LogP contribution in [0.2, 0.25) is 0 Å². The maximum atomic E-state index is 13.1. The smallest absolute Gasteiger partial charge is 0.237 e. The van der Waals surface area contributed by atoms with Crippen molar-refractivity contribution in [3.05, 3.63) is 259 Å². The highest BCUT2D eigenvalue weighted by Gasteiger charge is 2.37. The van der Waals surface area contributed by atoms with Gasteiger partial charge in [0.25, 0.3) is 0 Å². The lowest BCUT2D eigenvalue weighted by molar-refractivity contribution is 0.591. The number of aromatic nitrogens is 4. The summed E-state index contributed by atoms with van der Waals surface area (Å²) in [6.45, 7) is 23.8. The van der Waals surface area contributed by atoms with Gasteiger partial charge >= 0.3 is 0 Å². The minimum atomic E-state index is -0.320. The van der Waals surface area contributed by atoms with Crippen molar-refractivity contribution in [2.24, 2.45) is 0 Å². The molecule has 18 rings (SSSR count). The molecule has 0 amide bonds. The molecule has 8 nitrogen and oxygen atoms in total. The van der Waals surface area contributed by atoms with Crippen LogP contribution in [-0.2, 0) is 10.8 Å². The molecule has 0 aliphatic rings. The number of nitriles is 1. The van der Waals surface area contributed by atoms with E-state index in [1.807, 2.05) is 24.3 Å². The van der Waals surface area contributed by atoms with Crippen LogP contribution in [-0.4, -0.2) is 18.3 Å². The Morgan fingerprint density at radius 2 is 0.844 bits per heavy atom. The van der Waals surface area contributed by atoms with Gasteiger partial charge in [-0.15, -0.1) is 0 Å². The standard InChI is InChI=1S/C82H56N6O2/c1-81(2,3)49-38-42-68-59(44-49)60-45-62(82(4,5)6)71-57-30-16-22-36-70(57)90-80(71)76(60)87(68)73-61(46-83)74(85-63-31-17-11-25-50(63)51-26-12-18-32-64(51)85)78(77(72(73)84-7)86-65-33-19-13-27-52(65)53-28-14-20-34-66(53)86)88-67-41-37-48(47-23-9-8-10-24-47)43-58(67)55-39-40-56-54-29-15-21-35-69(54)89-79(56)75(55)88/h8-45H,1-6H3. The van der Waals surface area contributed by atoms with E-state index in [0.29, 0.717) is 39.5 Å². The molecule has 8 heteroatoms. The van der Waals surface area contributed by atoms with Crippen molar-refractivity contribution in [1.82, 2.24) is 18.3 Å². The second-order valence-electron chi connectivity index (χ2n) is 26.1. The predicted molar refractivity (Wildman–Crippen MR) is 372 cm³/mol. The number of fused-ring (bicyclic) bond motifs is 20. The van der Waals surface area contributed by atoms with Gasteiger partial charge in [0, 0.05) is 64.6 Å². The number of hydrogen-bond donors (Lipinski definition) is 0. The molecular weight excluding hydrogens is 1100 g/mol. The summed E-state index contributed by atoms with van der Waals surface area (Å²) < 4.78 is 23.8. The van der Waals surface area contributed by atoms with Crippen LogP contribution in [0.5, 0.6) is 0 Å². The molecule has 0 saturated carbocycles. The third kappa shape index (κ3) is 6.99. The molecule has 0 fully saturated rings. The summed E-state index contributed by atoms with van der Waals surface area (Å²) >= 11 is 0. The molecule has 0 radical (unpaired) electrons. The fourth-order valence-corrected chi connectivity index (χ4v) is 15.1. The Bertz CT molecular complexity index is 6000. The van der Waals surface area contributed by atoms with Gasteiger partial charge in [-0.1, -0.05) is 199 Å². The van der Waals surface area contributed by atoms with Crippen LogP contribution in [0.4, 0.5) is 5.69 Å². The molecule has 426 valence electrons. The van der Waals surface area contributed by atoms with Crippen molar-refractivity contribution < 1.29 is 8.83 Å². The van der Waals surface area contributed by atoms with E-state index in [1.54, 1.807) is 0 Å². The van der Waals surface area contributed by atoms with Crippen molar-refractivity contribution in [3.63, 3.8) is 0 Å². The third-order valence-corrected chi connectivity index (χ3v) is 19.1. The average molecular weight is 1160 g/mol. The van der Waals surface area contributed by atoms with E-state index in [-0.39, 0.29) is 16.5 Å². The van der Waals surface area contributed by atoms with Gasteiger partial charge in [-0.3, -0.25) is 0 Å². The number of para-hydroxylation sites is 6. The van der Waals surface area contributed by atoms with E-state index >= 15 is 0 Å². The number of benzene rings is 12. The van der Waals surface area contributed by atoms with Gasteiger partial charge in [-0.2, -0.15) is 5.26 Å². The monoisotopic (exact) mass is 1160 g/mol. The predicted octanol–water partition coefficient (Wildman–Crippen LogP) is 22.6. The maximum absolute atomic E-state index is 13.1. The molecule has 0 aliphatic carbocycles. The van der Waals surface area contributed by atoms with Crippen molar-refractivity contribution in [2.45, 2.75) is 52.4 Å². The van der Waals surface area contributed by atoms with Crippen molar-refractivity contribution in [1.29, 1.82) is 5.26 Å². The summed E-state index contributed by atoms with van der Waals surface area (Å²) in [5, 5.41) is 25.1. The van der Waals surface area contributed by atoms with Crippen LogP contribution < -0.4 is 0 Å².